The predicted octanol–water partition coefficient (Wildman–Crippen LogP) is 8.08. The Morgan fingerprint density at radius 3 is 2.13 bits per heavy atom. The highest BCUT2D eigenvalue weighted by Gasteiger charge is 2.17. The third-order valence-corrected chi connectivity index (χ3v) is 5.71. The molecule has 0 atom stereocenters. The summed E-state index contributed by atoms with van der Waals surface area (Å²) in [7, 11) is 0. The molecule has 0 aromatic heterocycles. The fraction of sp³-hybridized carbons (Fsp3) is 0.536. The van der Waals surface area contributed by atoms with Crippen molar-refractivity contribution in [2.24, 2.45) is 0 Å². The second-order valence-corrected chi connectivity index (χ2v) is 8.36. The number of hydrogen-bond acceptors (Lipinski definition) is 3. The van der Waals surface area contributed by atoms with Crippen molar-refractivity contribution in [1.82, 2.24) is 0 Å². The third-order valence-electron chi connectivity index (χ3n) is 5.71. The van der Waals surface area contributed by atoms with E-state index in [1.54, 1.807) is 6.07 Å². The molecule has 0 saturated carbocycles. The standard InChI is InChI=1S/C28H40O3/c1-4-6-8-9-10-11-12-15-22-30-26-20-14-13-19-25(26)28(29)31-27-21-16-17-23(3)24(27)18-7-5-2/h13-14,16-17,19-21H,4-12,15,18,22H2,1-3H3. The number of rotatable bonds is 15. The molecule has 0 aliphatic heterocycles. The number of carbonyl (C=O) groups is 1. The number of carbonyl (C=O) groups excluding carboxylic acids is 1. The van der Waals surface area contributed by atoms with E-state index in [-0.39, 0.29) is 5.97 Å². The number of esters is 1. The lowest BCUT2D eigenvalue weighted by atomic mass is 10.0. The Balaban J connectivity index is 1.89. The maximum atomic E-state index is 12.9. The SMILES string of the molecule is CCCCCCCCCCOc1ccccc1C(=O)Oc1cccc(C)c1CCCC. The normalized spacial score (nSPS) is 10.8. The smallest absolute Gasteiger partial charge is 0.347 e. The fourth-order valence-corrected chi connectivity index (χ4v) is 3.78. The molecule has 0 radical (unpaired) electrons. The zero-order valence-corrected chi connectivity index (χ0v) is 19.8. The maximum absolute atomic E-state index is 12.9. The molecule has 0 saturated heterocycles. The van der Waals surface area contributed by atoms with E-state index in [9.17, 15) is 4.79 Å². The van der Waals surface area contributed by atoms with Crippen molar-refractivity contribution in [2.45, 2.75) is 91.4 Å². The summed E-state index contributed by atoms with van der Waals surface area (Å²) < 4.78 is 11.8. The fourth-order valence-electron chi connectivity index (χ4n) is 3.78. The molecule has 0 unspecified atom stereocenters. The first-order valence-electron chi connectivity index (χ1n) is 12.2. The Hall–Kier alpha value is -2.29. The highest BCUT2D eigenvalue weighted by atomic mass is 16.5. The first-order chi connectivity index (χ1) is 15.2. The predicted molar refractivity (Wildman–Crippen MR) is 129 cm³/mol. The molecule has 0 fully saturated rings. The quantitative estimate of drug-likeness (QED) is 0.165. The van der Waals surface area contributed by atoms with Gasteiger partial charge in [-0.15, -0.1) is 0 Å². The van der Waals surface area contributed by atoms with Gasteiger partial charge in [0.25, 0.3) is 0 Å². The minimum absolute atomic E-state index is 0.352. The molecule has 0 aliphatic rings. The van der Waals surface area contributed by atoms with Gasteiger partial charge in [0.1, 0.15) is 17.1 Å². The molecule has 3 nitrogen and oxygen atoms in total. The average Bonchev–Trinajstić information content (AvgIpc) is 2.78. The lowest BCUT2D eigenvalue weighted by molar-refractivity contribution is 0.0728. The Labute approximate surface area is 189 Å². The van der Waals surface area contributed by atoms with Crippen LogP contribution in [-0.4, -0.2) is 12.6 Å². The number of aryl methyl sites for hydroxylation is 1. The van der Waals surface area contributed by atoms with Gasteiger partial charge in [-0.05, 0) is 55.5 Å². The molecule has 0 N–H and O–H groups in total. The summed E-state index contributed by atoms with van der Waals surface area (Å²) in [6.07, 6.45) is 13.2. The monoisotopic (exact) mass is 424 g/mol. The Kier molecular flexibility index (Phi) is 11.8. The first kappa shape index (κ1) is 25.0. The van der Waals surface area contributed by atoms with Crippen LogP contribution in [0.25, 0.3) is 0 Å². The van der Waals surface area contributed by atoms with Crippen LogP contribution in [0.15, 0.2) is 42.5 Å². The van der Waals surface area contributed by atoms with Gasteiger partial charge in [0.2, 0.25) is 0 Å². The van der Waals surface area contributed by atoms with Gasteiger partial charge in [0.05, 0.1) is 6.61 Å². The number of unbranched alkanes of at least 4 members (excludes halogenated alkanes) is 8. The minimum atomic E-state index is -0.352. The van der Waals surface area contributed by atoms with Gasteiger partial charge in [0, 0.05) is 0 Å². The van der Waals surface area contributed by atoms with Crippen LogP contribution in [-0.2, 0) is 6.42 Å². The maximum Gasteiger partial charge on any atom is 0.347 e. The van der Waals surface area contributed by atoms with E-state index < -0.39 is 0 Å². The second-order valence-electron chi connectivity index (χ2n) is 8.36. The van der Waals surface area contributed by atoms with E-state index in [1.807, 2.05) is 30.3 Å². The highest BCUT2D eigenvalue weighted by Crippen LogP contribution is 2.27. The average molecular weight is 425 g/mol. The topological polar surface area (TPSA) is 35.5 Å². The molecule has 2 aromatic carbocycles. The van der Waals surface area contributed by atoms with Crippen molar-refractivity contribution in [3.05, 3.63) is 59.2 Å². The van der Waals surface area contributed by atoms with Crippen LogP contribution in [0.5, 0.6) is 11.5 Å². The van der Waals surface area contributed by atoms with Crippen molar-refractivity contribution in [3.63, 3.8) is 0 Å². The molecule has 31 heavy (non-hydrogen) atoms. The van der Waals surface area contributed by atoms with Gasteiger partial charge >= 0.3 is 5.97 Å². The molecule has 3 heteroatoms. The summed E-state index contributed by atoms with van der Waals surface area (Å²) in [6, 6.07) is 13.3. The van der Waals surface area contributed by atoms with Gasteiger partial charge in [-0.25, -0.2) is 4.79 Å². The summed E-state index contributed by atoms with van der Waals surface area (Å²) in [5, 5.41) is 0. The van der Waals surface area contributed by atoms with Gasteiger partial charge < -0.3 is 9.47 Å². The molecule has 2 rings (SSSR count). The van der Waals surface area contributed by atoms with Crippen molar-refractivity contribution in [1.29, 1.82) is 0 Å². The molecular formula is C28H40O3. The van der Waals surface area contributed by atoms with Gasteiger partial charge in [-0.3, -0.25) is 0 Å². The Morgan fingerprint density at radius 2 is 1.39 bits per heavy atom. The number of ether oxygens (including phenoxy) is 2. The molecule has 2 aromatic rings. The zero-order chi connectivity index (χ0) is 22.3. The van der Waals surface area contributed by atoms with Crippen molar-refractivity contribution >= 4 is 5.97 Å². The summed E-state index contributed by atoms with van der Waals surface area (Å²) in [5.41, 5.74) is 2.78. The van der Waals surface area contributed by atoms with Gasteiger partial charge in [-0.2, -0.15) is 0 Å². The summed E-state index contributed by atoms with van der Waals surface area (Å²) in [5.74, 6) is 0.921. The zero-order valence-electron chi connectivity index (χ0n) is 19.8. The van der Waals surface area contributed by atoms with E-state index in [0.717, 1.165) is 36.8 Å². The lowest BCUT2D eigenvalue weighted by Crippen LogP contribution is -2.12. The van der Waals surface area contributed by atoms with Crippen LogP contribution in [0.3, 0.4) is 0 Å². The van der Waals surface area contributed by atoms with E-state index in [2.05, 4.69) is 26.8 Å². The Bertz CT molecular complexity index is 782. The van der Waals surface area contributed by atoms with Crippen LogP contribution < -0.4 is 9.47 Å². The van der Waals surface area contributed by atoms with E-state index >= 15 is 0 Å². The van der Waals surface area contributed by atoms with Crippen LogP contribution in [0.4, 0.5) is 0 Å². The second kappa shape index (κ2) is 14.7. The number of para-hydroxylation sites is 1. The van der Waals surface area contributed by atoms with Crippen molar-refractivity contribution < 1.29 is 14.3 Å². The van der Waals surface area contributed by atoms with E-state index in [1.165, 1.54) is 44.9 Å². The third kappa shape index (κ3) is 8.77. The molecule has 170 valence electrons. The van der Waals surface area contributed by atoms with Gasteiger partial charge in [-0.1, -0.05) is 89.5 Å². The number of benzene rings is 2. The minimum Gasteiger partial charge on any atom is -0.493 e. The highest BCUT2D eigenvalue weighted by molar-refractivity contribution is 5.94. The molecule has 0 amide bonds. The largest absolute Gasteiger partial charge is 0.493 e. The summed E-state index contributed by atoms with van der Waals surface area (Å²) in [6.45, 7) is 7.12. The van der Waals surface area contributed by atoms with E-state index in [4.69, 9.17) is 9.47 Å². The molecule has 0 aliphatic carbocycles. The van der Waals surface area contributed by atoms with E-state index in [0.29, 0.717) is 23.7 Å². The lowest BCUT2D eigenvalue weighted by Gasteiger charge is -2.14. The molecule has 0 heterocycles. The van der Waals surface area contributed by atoms with Crippen LogP contribution >= 0.6 is 0 Å². The summed E-state index contributed by atoms with van der Waals surface area (Å²) in [4.78, 5) is 12.9. The molecular weight excluding hydrogens is 384 g/mol. The molecule has 0 bridgehead atoms. The van der Waals surface area contributed by atoms with Crippen LogP contribution in [0.1, 0.15) is 99.5 Å². The Morgan fingerprint density at radius 1 is 0.742 bits per heavy atom. The van der Waals surface area contributed by atoms with Gasteiger partial charge in [0.15, 0.2) is 0 Å². The van der Waals surface area contributed by atoms with Crippen LogP contribution in [0.2, 0.25) is 0 Å². The van der Waals surface area contributed by atoms with Crippen molar-refractivity contribution in [3.8, 4) is 11.5 Å². The number of hydrogen-bond donors (Lipinski definition) is 0. The van der Waals surface area contributed by atoms with Crippen LogP contribution in [0, 0.1) is 6.92 Å². The van der Waals surface area contributed by atoms with Crippen molar-refractivity contribution in [2.75, 3.05) is 6.61 Å². The summed E-state index contributed by atoms with van der Waals surface area (Å²) >= 11 is 0. The molecule has 0 spiro atoms. The first-order valence-corrected chi connectivity index (χ1v) is 12.2.